The van der Waals surface area contributed by atoms with E-state index in [1.165, 1.54) is 0 Å². The van der Waals surface area contributed by atoms with Crippen LogP contribution < -0.4 is 14.8 Å². The van der Waals surface area contributed by atoms with E-state index in [0.29, 0.717) is 24.4 Å². The third-order valence-corrected chi connectivity index (χ3v) is 3.22. The maximum Gasteiger partial charge on any atom is 0.136 e. The van der Waals surface area contributed by atoms with Gasteiger partial charge in [0.25, 0.3) is 0 Å². The Morgan fingerprint density at radius 3 is 2.48 bits per heavy atom. The van der Waals surface area contributed by atoms with Crippen molar-refractivity contribution in [3.8, 4) is 17.6 Å². The second kappa shape index (κ2) is 7.32. The van der Waals surface area contributed by atoms with Crippen molar-refractivity contribution < 1.29 is 9.47 Å². The zero-order valence-electron chi connectivity index (χ0n) is 12.2. The summed E-state index contributed by atoms with van der Waals surface area (Å²) in [5, 5.41) is 12.4. The Hall–Kier alpha value is -2.51. The number of para-hydroxylation sites is 1. The molecule has 1 N–H and O–H groups in total. The smallest absolute Gasteiger partial charge is 0.136 e. The van der Waals surface area contributed by atoms with E-state index in [9.17, 15) is 0 Å². The molecule has 0 amide bonds. The molecule has 4 nitrogen and oxygen atoms in total. The highest BCUT2D eigenvalue weighted by Gasteiger charge is 2.04. The van der Waals surface area contributed by atoms with Crippen LogP contribution in [-0.4, -0.2) is 14.2 Å². The number of nitriles is 1. The number of ether oxygens (including phenoxy) is 2. The van der Waals surface area contributed by atoms with Crippen molar-refractivity contribution in [1.29, 1.82) is 5.26 Å². The minimum atomic E-state index is 0.550. The van der Waals surface area contributed by atoms with E-state index < -0.39 is 0 Å². The number of nitrogens with zero attached hydrogens (tertiary/aromatic N) is 1. The van der Waals surface area contributed by atoms with Crippen molar-refractivity contribution in [2.24, 2.45) is 0 Å². The fourth-order valence-corrected chi connectivity index (χ4v) is 2.14. The van der Waals surface area contributed by atoms with E-state index in [1.807, 2.05) is 42.5 Å². The number of benzene rings is 2. The molecule has 2 aromatic carbocycles. The molecule has 21 heavy (non-hydrogen) atoms. The molecule has 0 atom stereocenters. The molecular formula is C17H18N2O2. The van der Waals surface area contributed by atoms with Gasteiger partial charge in [-0.25, -0.2) is 0 Å². The molecule has 0 bridgehead atoms. The molecule has 0 unspecified atom stereocenters. The number of rotatable bonds is 6. The summed E-state index contributed by atoms with van der Waals surface area (Å²) in [6, 6.07) is 15.7. The third kappa shape index (κ3) is 3.74. The number of hydrogen-bond acceptors (Lipinski definition) is 4. The van der Waals surface area contributed by atoms with Crippen LogP contribution in [0.15, 0.2) is 42.5 Å². The first kappa shape index (κ1) is 14.9. The van der Waals surface area contributed by atoms with Crippen molar-refractivity contribution in [3.63, 3.8) is 0 Å². The lowest BCUT2D eigenvalue weighted by Gasteiger charge is -2.10. The first-order chi connectivity index (χ1) is 10.3. The van der Waals surface area contributed by atoms with Crippen LogP contribution in [0.3, 0.4) is 0 Å². The van der Waals surface area contributed by atoms with Gasteiger partial charge in [-0.05, 0) is 23.8 Å². The summed E-state index contributed by atoms with van der Waals surface area (Å²) in [4.78, 5) is 0. The molecule has 0 spiro atoms. The highest BCUT2D eigenvalue weighted by atomic mass is 16.5. The Balaban J connectivity index is 1.99. The van der Waals surface area contributed by atoms with Crippen LogP contribution in [0, 0.1) is 11.3 Å². The summed E-state index contributed by atoms with van der Waals surface area (Å²) in [5.74, 6) is 1.48. The molecule has 0 aliphatic heterocycles. The third-order valence-electron chi connectivity index (χ3n) is 3.22. The van der Waals surface area contributed by atoms with Gasteiger partial charge in [0, 0.05) is 18.7 Å². The summed E-state index contributed by atoms with van der Waals surface area (Å²) in [7, 11) is 3.23. The standard InChI is InChI=1S/C17H18N2O2/c1-20-16-6-4-3-5-14(16)12-19-11-13-7-8-17(21-2)15(9-13)10-18/h3-9,19H,11-12H2,1-2H3. The quantitative estimate of drug-likeness (QED) is 0.885. The molecule has 4 heteroatoms. The highest BCUT2D eigenvalue weighted by Crippen LogP contribution is 2.19. The Morgan fingerprint density at radius 1 is 1.00 bits per heavy atom. The van der Waals surface area contributed by atoms with Crippen LogP contribution in [0.2, 0.25) is 0 Å². The zero-order valence-corrected chi connectivity index (χ0v) is 12.2. The van der Waals surface area contributed by atoms with Gasteiger partial charge in [-0.2, -0.15) is 5.26 Å². The Morgan fingerprint density at radius 2 is 1.76 bits per heavy atom. The van der Waals surface area contributed by atoms with Crippen LogP contribution in [0.4, 0.5) is 0 Å². The van der Waals surface area contributed by atoms with Gasteiger partial charge in [-0.1, -0.05) is 24.3 Å². The second-order valence-corrected chi connectivity index (χ2v) is 4.56. The molecule has 0 heterocycles. The Kier molecular flexibility index (Phi) is 5.19. The normalized spacial score (nSPS) is 9.95. The molecule has 0 saturated carbocycles. The van der Waals surface area contributed by atoms with E-state index in [-0.39, 0.29) is 0 Å². The summed E-state index contributed by atoms with van der Waals surface area (Å²) < 4.78 is 10.5. The lowest BCUT2D eigenvalue weighted by molar-refractivity contribution is 0.407. The fraction of sp³-hybridized carbons (Fsp3) is 0.235. The molecule has 108 valence electrons. The summed E-state index contributed by atoms with van der Waals surface area (Å²) in [6.45, 7) is 1.38. The van der Waals surface area contributed by atoms with E-state index in [1.54, 1.807) is 14.2 Å². The monoisotopic (exact) mass is 282 g/mol. The van der Waals surface area contributed by atoms with Crippen LogP contribution in [-0.2, 0) is 13.1 Å². The van der Waals surface area contributed by atoms with Crippen molar-refractivity contribution in [1.82, 2.24) is 5.32 Å². The number of hydrogen-bond donors (Lipinski definition) is 1. The topological polar surface area (TPSA) is 54.3 Å². The van der Waals surface area contributed by atoms with Gasteiger partial charge in [0.15, 0.2) is 0 Å². The van der Waals surface area contributed by atoms with Crippen LogP contribution in [0.25, 0.3) is 0 Å². The molecule has 0 aliphatic rings. The van der Waals surface area contributed by atoms with Gasteiger partial charge in [-0.15, -0.1) is 0 Å². The summed E-state index contributed by atoms with van der Waals surface area (Å²) in [6.07, 6.45) is 0. The van der Waals surface area contributed by atoms with Gasteiger partial charge in [0.05, 0.1) is 19.8 Å². The molecule has 0 aliphatic carbocycles. The molecular weight excluding hydrogens is 264 g/mol. The highest BCUT2D eigenvalue weighted by molar-refractivity contribution is 5.45. The number of nitrogens with one attached hydrogen (secondary N) is 1. The van der Waals surface area contributed by atoms with Gasteiger partial charge in [0.2, 0.25) is 0 Å². The predicted octanol–water partition coefficient (Wildman–Crippen LogP) is 2.87. The van der Waals surface area contributed by atoms with Gasteiger partial charge >= 0.3 is 0 Å². The van der Waals surface area contributed by atoms with E-state index >= 15 is 0 Å². The zero-order chi connectivity index (χ0) is 15.1. The second-order valence-electron chi connectivity index (χ2n) is 4.56. The fourth-order valence-electron chi connectivity index (χ4n) is 2.14. The van der Waals surface area contributed by atoms with Crippen molar-refractivity contribution >= 4 is 0 Å². The van der Waals surface area contributed by atoms with E-state index in [0.717, 1.165) is 16.9 Å². The van der Waals surface area contributed by atoms with Crippen LogP contribution in [0.5, 0.6) is 11.5 Å². The molecule has 2 aromatic rings. The lowest BCUT2D eigenvalue weighted by Crippen LogP contribution is -2.13. The molecule has 0 saturated heterocycles. The molecule has 2 rings (SSSR count). The Labute approximate surface area is 124 Å². The molecule has 0 aromatic heterocycles. The first-order valence-corrected chi connectivity index (χ1v) is 6.68. The van der Waals surface area contributed by atoms with Crippen molar-refractivity contribution in [3.05, 3.63) is 59.2 Å². The van der Waals surface area contributed by atoms with Gasteiger partial charge in [0.1, 0.15) is 17.6 Å². The maximum absolute atomic E-state index is 9.08. The first-order valence-electron chi connectivity index (χ1n) is 6.68. The van der Waals surface area contributed by atoms with Crippen LogP contribution in [0.1, 0.15) is 16.7 Å². The Bertz CT molecular complexity index is 647. The predicted molar refractivity (Wildman–Crippen MR) is 81.2 cm³/mol. The van der Waals surface area contributed by atoms with E-state index in [4.69, 9.17) is 14.7 Å². The van der Waals surface area contributed by atoms with E-state index in [2.05, 4.69) is 11.4 Å². The average Bonchev–Trinajstić information content (AvgIpc) is 2.55. The van der Waals surface area contributed by atoms with Gasteiger partial charge < -0.3 is 14.8 Å². The number of methoxy groups -OCH3 is 2. The van der Waals surface area contributed by atoms with Crippen molar-refractivity contribution in [2.75, 3.05) is 14.2 Å². The summed E-state index contributed by atoms with van der Waals surface area (Å²) >= 11 is 0. The molecule has 0 fully saturated rings. The largest absolute Gasteiger partial charge is 0.496 e. The average molecular weight is 282 g/mol. The minimum absolute atomic E-state index is 0.550. The maximum atomic E-state index is 9.08. The minimum Gasteiger partial charge on any atom is -0.496 e. The molecule has 0 radical (unpaired) electrons. The van der Waals surface area contributed by atoms with Gasteiger partial charge in [-0.3, -0.25) is 0 Å². The summed E-state index contributed by atoms with van der Waals surface area (Å²) in [5.41, 5.74) is 2.70. The van der Waals surface area contributed by atoms with Crippen LogP contribution >= 0.6 is 0 Å². The SMILES string of the molecule is COc1ccc(CNCc2ccccc2OC)cc1C#N. The lowest BCUT2D eigenvalue weighted by atomic mass is 10.1. The van der Waals surface area contributed by atoms with Crippen molar-refractivity contribution in [2.45, 2.75) is 13.1 Å².